The summed E-state index contributed by atoms with van der Waals surface area (Å²) in [5.74, 6) is 5.15. The Kier molecular flexibility index (Phi) is 2.85. The maximum Gasteiger partial charge on any atom is 0.229 e. The molecule has 0 atom stereocenters. The molecular weight excluding hydrogens is 234 g/mol. The number of hydrogen-bond donors (Lipinski definition) is 0. The minimum Gasteiger partial charge on any atom is -0.340 e. The first kappa shape index (κ1) is 12.9. The molecule has 0 spiro atoms. The fraction of sp³-hybridized carbons (Fsp3) is 0.846. The first-order chi connectivity index (χ1) is 7.68. The Morgan fingerprint density at radius 2 is 1.71 bits per heavy atom. The van der Waals surface area contributed by atoms with Crippen LogP contribution in [0.2, 0.25) is 0 Å². The number of amides is 1. The van der Waals surface area contributed by atoms with Crippen molar-refractivity contribution < 1.29 is 9.00 Å². The van der Waals surface area contributed by atoms with Gasteiger partial charge in [-0.15, -0.1) is 0 Å². The van der Waals surface area contributed by atoms with Crippen LogP contribution >= 0.6 is 0 Å². The van der Waals surface area contributed by atoms with Gasteiger partial charge in [-0.05, 0) is 33.6 Å². The van der Waals surface area contributed by atoms with Gasteiger partial charge >= 0.3 is 0 Å². The van der Waals surface area contributed by atoms with E-state index in [1.165, 1.54) is 0 Å². The van der Waals surface area contributed by atoms with Crippen LogP contribution < -0.4 is 0 Å². The van der Waals surface area contributed by atoms with Crippen LogP contribution in [0, 0.1) is 10.8 Å². The van der Waals surface area contributed by atoms with Crippen LogP contribution in [-0.4, -0.2) is 45.5 Å². The third kappa shape index (κ3) is 2.24. The van der Waals surface area contributed by atoms with E-state index < -0.39 is 9.52 Å². The largest absolute Gasteiger partial charge is 0.340 e. The molecule has 4 heteroatoms. The van der Waals surface area contributed by atoms with E-state index >= 15 is 0 Å². The molecule has 2 aliphatic rings. The highest BCUT2D eigenvalue weighted by Crippen LogP contribution is 2.59. The first-order valence-corrected chi connectivity index (χ1v) is 8.37. The quantitative estimate of drug-likeness (QED) is 0.665. The SMILES string of the molecule is C=S1(=O)CCN(C(=O)C2(C(C)(C)C)CC2)CC1. The molecule has 0 bridgehead atoms. The van der Waals surface area contributed by atoms with Gasteiger partial charge in [-0.3, -0.25) is 9.00 Å². The minimum absolute atomic E-state index is 0.0351. The molecule has 1 aliphatic carbocycles. The number of hydrogen-bond acceptors (Lipinski definition) is 2. The van der Waals surface area contributed by atoms with Gasteiger partial charge in [0.2, 0.25) is 5.91 Å². The van der Waals surface area contributed by atoms with Crippen molar-refractivity contribution in [3.63, 3.8) is 0 Å². The Hall–Kier alpha value is -0.510. The molecule has 2 rings (SSSR count). The highest BCUT2D eigenvalue weighted by molar-refractivity contribution is 8.00. The molecule has 1 heterocycles. The van der Waals surface area contributed by atoms with Crippen molar-refractivity contribution in [2.24, 2.45) is 10.8 Å². The topological polar surface area (TPSA) is 37.4 Å². The molecule has 1 amide bonds. The van der Waals surface area contributed by atoms with Crippen LogP contribution in [0.1, 0.15) is 33.6 Å². The van der Waals surface area contributed by atoms with E-state index in [1.54, 1.807) is 0 Å². The van der Waals surface area contributed by atoms with E-state index in [0.717, 1.165) is 12.8 Å². The van der Waals surface area contributed by atoms with Gasteiger partial charge in [-0.1, -0.05) is 20.8 Å². The highest BCUT2D eigenvalue weighted by Gasteiger charge is 2.59. The summed E-state index contributed by atoms with van der Waals surface area (Å²) >= 11 is 0. The minimum atomic E-state index is -1.90. The van der Waals surface area contributed by atoms with Crippen LogP contribution in [0.4, 0.5) is 0 Å². The van der Waals surface area contributed by atoms with Crippen LogP contribution in [0.25, 0.3) is 0 Å². The van der Waals surface area contributed by atoms with Crippen molar-refractivity contribution >= 4 is 21.3 Å². The van der Waals surface area contributed by atoms with E-state index in [9.17, 15) is 9.00 Å². The predicted octanol–water partition coefficient (Wildman–Crippen LogP) is 1.37. The van der Waals surface area contributed by atoms with Crippen LogP contribution in [0.5, 0.6) is 0 Å². The third-order valence-corrected chi connectivity index (χ3v) is 6.20. The van der Waals surface area contributed by atoms with Crippen LogP contribution in [0.3, 0.4) is 0 Å². The van der Waals surface area contributed by atoms with Crippen molar-refractivity contribution in [3.05, 3.63) is 0 Å². The average Bonchev–Trinajstić information content (AvgIpc) is 2.96. The molecule has 1 aliphatic heterocycles. The number of rotatable bonds is 1. The fourth-order valence-electron chi connectivity index (χ4n) is 2.68. The molecule has 0 aromatic heterocycles. The van der Waals surface area contributed by atoms with E-state index in [-0.39, 0.29) is 16.7 Å². The van der Waals surface area contributed by atoms with Gasteiger partial charge in [0.15, 0.2) is 0 Å². The van der Waals surface area contributed by atoms with Gasteiger partial charge in [-0.2, -0.15) is 0 Å². The molecule has 1 saturated carbocycles. The number of carbonyl (C=O) groups excluding carboxylic acids is 1. The van der Waals surface area contributed by atoms with Gasteiger partial charge in [-0.25, -0.2) is 0 Å². The molecule has 0 unspecified atom stereocenters. The van der Waals surface area contributed by atoms with Crippen LogP contribution in [-0.2, 0) is 14.3 Å². The molecule has 3 nitrogen and oxygen atoms in total. The zero-order valence-corrected chi connectivity index (χ0v) is 11.9. The maximum absolute atomic E-state index is 12.6. The van der Waals surface area contributed by atoms with Crippen molar-refractivity contribution in [3.8, 4) is 0 Å². The summed E-state index contributed by atoms with van der Waals surface area (Å²) in [4.78, 5) is 14.5. The van der Waals surface area contributed by atoms with Gasteiger partial charge < -0.3 is 4.90 Å². The van der Waals surface area contributed by atoms with Gasteiger partial charge in [0.1, 0.15) is 0 Å². The number of nitrogens with zero attached hydrogens (tertiary/aromatic N) is 1. The maximum atomic E-state index is 12.6. The van der Waals surface area contributed by atoms with Crippen molar-refractivity contribution in [2.75, 3.05) is 24.6 Å². The van der Waals surface area contributed by atoms with E-state index in [2.05, 4.69) is 26.6 Å². The Morgan fingerprint density at radius 3 is 2.06 bits per heavy atom. The lowest BCUT2D eigenvalue weighted by Gasteiger charge is -2.37. The third-order valence-electron chi connectivity index (χ3n) is 4.35. The highest BCUT2D eigenvalue weighted by atomic mass is 32.2. The van der Waals surface area contributed by atoms with Crippen molar-refractivity contribution in [1.82, 2.24) is 4.90 Å². The molecule has 98 valence electrons. The second kappa shape index (κ2) is 3.74. The summed E-state index contributed by atoms with van der Waals surface area (Å²) in [7, 11) is -1.90. The summed E-state index contributed by atoms with van der Waals surface area (Å²) in [6, 6.07) is 0. The molecule has 1 saturated heterocycles. The van der Waals surface area contributed by atoms with E-state index in [4.69, 9.17) is 0 Å². The summed E-state index contributed by atoms with van der Waals surface area (Å²) in [6.45, 7) is 7.68. The van der Waals surface area contributed by atoms with Gasteiger partial charge in [0.05, 0.1) is 5.41 Å². The average molecular weight is 257 g/mol. The second-order valence-corrected chi connectivity index (χ2v) is 9.25. The normalized spacial score (nSPS) is 26.6. The Bertz CT molecular complexity index is 413. The second-order valence-electron chi connectivity index (χ2n) is 6.50. The monoisotopic (exact) mass is 257 g/mol. The molecule has 0 aromatic carbocycles. The zero-order valence-electron chi connectivity index (χ0n) is 11.1. The van der Waals surface area contributed by atoms with Gasteiger partial charge in [0.25, 0.3) is 0 Å². The Morgan fingerprint density at radius 1 is 1.24 bits per heavy atom. The molecule has 0 radical (unpaired) electrons. The lowest BCUT2D eigenvalue weighted by Crippen LogP contribution is -2.49. The summed E-state index contributed by atoms with van der Waals surface area (Å²) < 4.78 is 11.8. The summed E-state index contributed by atoms with van der Waals surface area (Å²) in [5.41, 5.74) is -0.111. The fourth-order valence-corrected chi connectivity index (χ4v) is 3.99. The molecule has 0 aromatic rings. The lowest BCUT2D eigenvalue weighted by atomic mass is 9.76. The lowest BCUT2D eigenvalue weighted by molar-refractivity contribution is -0.140. The standard InChI is InChI=1S/C13H23NO2S/c1-12(2,3)13(5-6-13)11(15)14-7-9-17(4,16)10-8-14/h4-10H2,1-3H3. The molecule has 0 N–H and O–H groups in total. The molecule has 17 heavy (non-hydrogen) atoms. The van der Waals surface area contributed by atoms with Crippen molar-refractivity contribution in [2.45, 2.75) is 33.6 Å². The van der Waals surface area contributed by atoms with Crippen molar-refractivity contribution in [1.29, 1.82) is 0 Å². The molecule has 2 fully saturated rings. The summed E-state index contributed by atoms with van der Waals surface area (Å²) in [6.07, 6.45) is 2.01. The zero-order chi connectivity index (χ0) is 12.9. The predicted molar refractivity (Wildman–Crippen MR) is 72.7 cm³/mol. The Labute approximate surface area is 105 Å². The Balaban J connectivity index is 2.08. The first-order valence-electron chi connectivity index (χ1n) is 6.30. The number of carbonyl (C=O) groups is 1. The van der Waals surface area contributed by atoms with Gasteiger partial charge in [0, 0.05) is 24.6 Å². The summed E-state index contributed by atoms with van der Waals surface area (Å²) in [5, 5.41) is 0. The van der Waals surface area contributed by atoms with E-state index in [0.29, 0.717) is 24.6 Å². The molecular formula is C13H23NO2S. The van der Waals surface area contributed by atoms with Crippen LogP contribution in [0.15, 0.2) is 0 Å². The van der Waals surface area contributed by atoms with E-state index in [1.807, 2.05) is 4.90 Å². The smallest absolute Gasteiger partial charge is 0.229 e.